The predicted molar refractivity (Wildman–Crippen MR) is 180 cm³/mol. The van der Waals surface area contributed by atoms with Gasteiger partial charge in [0.25, 0.3) is 0 Å². The number of hydrogen-bond donors (Lipinski definition) is 0. The Morgan fingerprint density at radius 2 is 0.854 bits per heavy atom. The van der Waals surface area contributed by atoms with E-state index in [0.717, 1.165) is 9.52 Å². The Bertz CT molecular complexity index is 1580. The van der Waals surface area contributed by atoms with Gasteiger partial charge < -0.3 is 0 Å². The summed E-state index contributed by atoms with van der Waals surface area (Å²) in [5.74, 6) is 1.06. The molecule has 4 aromatic rings. The molecule has 6 rings (SSSR count). The maximum Gasteiger partial charge on any atom is 0.0397 e. The summed E-state index contributed by atoms with van der Waals surface area (Å²) >= 11 is 0. The second kappa shape index (κ2) is 10.8. The molecular formula is C40H42Si. The van der Waals surface area contributed by atoms with Gasteiger partial charge in [-0.1, -0.05) is 118 Å². The van der Waals surface area contributed by atoms with E-state index in [0.29, 0.717) is 11.8 Å². The van der Waals surface area contributed by atoms with Crippen molar-refractivity contribution in [2.24, 2.45) is 0 Å². The van der Waals surface area contributed by atoms with Gasteiger partial charge in [0.15, 0.2) is 0 Å². The van der Waals surface area contributed by atoms with Crippen LogP contribution in [-0.4, -0.2) is 9.52 Å². The van der Waals surface area contributed by atoms with Crippen LogP contribution in [0.4, 0.5) is 0 Å². The van der Waals surface area contributed by atoms with E-state index in [4.69, 9.17) is 0 Å². The van der Waals surface area contributed by atoms with Crippen molar-refractivity contribution in [3.63, 3.8) is 0 Å². The molecule has 2 unspecified atom stereocenters. The molecule has 2 radical (unpaired) electrons. The minimum atomic E-state index is 0.530. The molecule has 41 heavy (non-hydrogen) atoms. The molecule has 0 amide bonds. The summed E-state index contributed by atoms with van der Waals surface area (Å²) in [5.41, 5.74) is 22.7. The van der Waals surface area contributed by atoms with E-state index in [2.05, 4.69) is 128 Å². The molecule has 206 valence electrons. The lowest BCUT2D eigenvalue weighted by Crippen LogP contribution is -2.07. The fourth-order valence-corrected chi connectivity index (χ4v) is 9.30. The maximum absolute atomic E-state index is 2.49. The summed E-state index contributed by atoms with van der Waals surface area (Å²) in [7, 11) is 0.928. The van der Waals surface area contributed by atoms with Gasteiger partial charge in [0.1, 0.15) is 0 Å². The molecule has 0 aliphatic heterocycles. The van der Waals surface area contributed by atoms with Gasteiger partial charge in [0.2, 0.25) is 0 Å². The summed E-state index contributed by atoms with van der Waals surface area (Å²) in [6.07, 6.45) is 4.97. The zero-order valence-corrected chi connectivity index (χ0v) is 27.0. The molecule has 0 spiro atoms. The van der Waals surface area contributed by atoms with Crippen molar-refractivity contribution in [1.82, 2.24) is 0 Å². The first kappa shape index (κ1) is 27.7. The maximum atomic E-state index is 2.49. The molecular weight excluding hydrogens is 509 g/mol. The van der Waals surface area contributed by atoms with Crippen molar-refractivity contribution in [3.05, 3.63) is 127 Å². The van der Waals surface area contributed by atoms with Gasteiger partial charge in [-0.15, -0.1) is 0 Å². The van der Waals surface area contributed by atoms with E-state index in [1.165, 1.54) is 101 Å². The SMILES string of the molecule is CC1=Cc2c(ccc(C)c2-c2cc(C)cc(C)c2)C1C[Si]CC1C(C)=Cc2c1ccc(C)c2-c1cc(C)cc(C)c1. The molecule has 2 atom stereocenters. The van der Waals surface area contributed by atoms with Crippen molar-refractivity contribution >= 4 is 21.7 Å². The summed E-state index contributed by atoms with van der Waals surface area (Å²) < 4.78 is 0. The van der Waals surface area contributed by atoms with Crippen LogP contribution < -0.4 is 0 Å². The Hall–Kier alpha value is -3.42. The number of fused-ring (bicyclic) bond motifs is 2. The Morgan fingerprint density at radius 1 is 0.488 bits per heavy atom. The quantitative estimate of drug-likeness (QED) is 0.209. The summed E-state index contributed by atoms with van der Waals surface area (Å²) in [6, 6.07) is 26.0. The van der Waals surface area contributed by atoms with Crippen molar-refractivity contribution in [2.75, 3.05) is 0 Å². The molecule has 0 heterocycles. The number of hydrogen-bond acceptors (Lipinski definition) is 0. The van der Waals surface area contributed by atoms with Gasteiger partial charge in [-0.2, -0.15) is 0 Å². The zero-order valence-electron chi connectivity index (χ0n) is 26.0. The van der Waals surface area contributed by atoms with E-state index in [1.807, 2.05) is 0 Å². The molecule has 4 aromatic carbocycles. The highest BCUT2D eigenvalue weighted by Gasteiger charge is 2.29. The van der Waals surface area contributed by atoms with Crippen molar-refractivity contribution in [2.45, 2.75) is 79.3 Å². The van der Waals surface area contributed by atoms with E-state index < -0.39 is 0 Å². The fraction of sp³-hybridized carbons (Fsp3) is 0.300. The summed E-state index contributed by atoms with van der Waals surface area (Å²) in [5, 5.41) is 0. The minimum absolute atomic E-state index is 0.530. The standard InChI is InChI=1S/C40H42Si/c1-23-13-24(2)16-31(15-23)39-27(5)9-11-33-35(39)19-29(7)37(33)21-41-22-38-30(8)20-36-34(38)12-10-28(6)40(36)32-17-25(3)14-26(4)18-32/h9-20,37-38H,21-22H2,1-8H3. The van der Waals surface area contributed by atoms with Crippen LogP contribution in [0.3, 0.4) is 0 Å². The zero-order chi connectivity index (χ0) is 29.0. The second-order valence-corrected chi connectivity index (χ2v) is 14.1. The molecule has 0 aromatic heterocycles. The van der Waals surface area contributed by atoms with Crippen LogP contribution in [0.25, 0.3) is 34.4 Å². The van der Waals surface area contributed by atoms with Gasteiger partial charge >= 0.3 is 0 Å². The highest BCUT2D eigenvalue weighted by Crippen LogP contribution is 2.47. The number of aryl methyl sites for hydroxylation is 6. The third-order valence-electron chi connectivity index (χ3n) is 9.29. The van der Waals surface area contributed by atoms with Gasteiger partial charge in [-0.25, -0.2) is 0 Å². The lowest BCUT2D eigenvalue weighted by Gasteiger charge is -2.20. The first-order chi connectivity index (χ1) is 19.6. The van der Waals surface area contributed by atoms with E-state index in [1.54, 1.807) is 0 Å². The average molecular weight is 551 g/mol. The molecule has 0 saturated heterocycles. The fourth-order valence-electron chi connectivity index (χ4n) is 7.47. The average Bonchev–Trinajstić information content (AvgIpc) is 3.37. The topological polar surface area (TPSA) is 0 Å². The largest absolute Gasteiger partial charge is 0.0655 e. The monoisotopic (exact) mass is 550 g/mol. The van der Waals surface area contributed by atoms with Crippen LogP contribution in [0, 0.1) is 41.5 Å². The van der Waals surface area contributed by atoms with Gasteiger partial charge in [-0.05, 0) is 111 Å². The number of benzene rings is 4. The smallest absolute Gasteiger partial charge is 0.0397 e. The van der Waals surface area contributed by atoms with Crippen LogP contribution in [0.5, 0.6) is 0 Å². The van der Waals surface area contributed by atoms with Gasteiger partial charge in [0, 0.05) is 21.4 Å². The molecule has 2 aliphatic rings. The minimum Gasteiger partial charge on any atom is -0.0655 e. The second-order valence-electron chi connectivity index (χ2n) is 12.8. The number of rotatable bonds is 6. The number of allylic oxidation sites excluding steroid dienone is 2. The van der Waals surface area contributed by atoms with Crippen molar-refractivity contribution in [1.29, 1.82) is 0 Å². The molecule has 0 saturated carbocycles. The molecule has 0 nitrogen and oxygen atoms in total. The van der Waals surface area contributed by atoms with Gasteiger partial charge in [0.05, 0.1) is 0 Å². The third kappa shape index (κ3) is 5.10. The Kier molecular flexibility index (Phi) is 7.28. The predicted octanol–water partition coefficient (Wildman–Crippen LogP) is 11.1. The first-order valence-electron chi connectivity index (χ1n) is 15.1. The lowest BCUT2D eigenvalue weighted by atomic mass is 9.89. The van der Waals surface area contributed by atoms with Crippen LogP contribution >= 0.6 is 0 Å². The lowest BCUT2D eigenvalue weighted by molar-refractivity contribution is 0.875. The Labute approximate surface area is 250 Å². The molecule has 0 fully saturated rings. The van der Waals surface area contributed by atoms with Crippen LogP contribution in [-0.2, 0) is 0 Å². The summed E-state index contributed by atoms with van der Waals surface area (Å²) in [6.45, 7) is 18.1. The van der Waals surface area contributed by atoms with Crippen molar-refractivity contribution in [3.8, 4) is 22.3 Å². The summed E-state index contributed by atoms with van der Waals surface area (Å²) in [4.78, 5) is 0. The van der Waals surface area contributed by atoms with Crippen LogP contribution in [0.1, 0.15) is 81.3 Å². The van der Waals surface area contributed by atoms with E-state index in [9.17, 15) is 0 Å². The van der Waals surface area contributed by atoms with Gasteiger partial charge in [-0.3, -0.25) is 0 Å². The van der Waals surface area contributed by atoms with Crippen LogP contribution in [0.15, 0.2) is 71.8 Å². The Balaban J connectivity index is 1.25. The third-order valence-corrected chi connectivity index (χ3v) is 10.7. The first-order valence-corrected chi connectivity index (χ1v) is 16.5. The highest BCUT2D eigenvalue weighted by atomic mass is 28.2. The molecule has 2 aliphatic carbocycles. The Morgan fingerprint density at radius 3 is 1.22 bits per heavy atom. The van der Waals surface area contributed by atoms with E-state index >= 15 is 0 Å². The van der Waals surface area contributed by atoms with Crippen molar-refractivity contribution < 1.29 is 0 Å². The van der Waals surface area contributed by atoms with E-state index in [-0.39, 0.29) is 0 Å². The molecule has 0 bridgehead atoms. The normalized spacial score (nSPS) is 17.4. The molecule has 0 N–H and O–H groups in total. The molecule has 1 heteroatoms. The van der Waals surface area contributed by atoms with Crippen LogP contribution in [0.2, 0.25) is 12.1 Å². The highest BCUT2D eigenvalue weighted by molar-refractivity contribution is 6.36.